The molecule has 0 rings (SSSR count). The van der Waals surface area contributed by atoms with Crippen LogP contribution in [0.1, 0.15) is 26.7 Å². The third-order valence-corrected chi connectivity index (χ3v) is 3.23. The molecule has 4 N–H and O–H groups in total. The lowest BCUT2D eigenvalue weighted by molar-refractivity contribution is -0.148. The van der Waals surface area contributed by atoms with Gasteiger partial charge in [-0.1, -0.05) is 13.8 Å². The number of carbonyl (C=O) groups excluding carboxylic acids is 1. The van der Waals surface area contributed by atoms with Crippen LogP contribution < -0.4 is 11.1 Å². The summed E-state index contributed by atoms with van der Waals surface area (Å²) in [6, 6.07) is 0. The van der Waals surface area contributed by atoms with E-state index >= 15 is 0 Å². The molecular weight excluding hydrogens is 224 g/mol. The summed E-state index contributed by atoms with van der Waals surface area (Å²) in [5.74, 6) is -1.31. The number of nitrogens with two attached hydrogens (primary N) is 1. The van der Waals surface area contributed by atoms with Crippen molar-refractivity contribution in [3.05, 3.63) is 0 Å². The van der Waals surface area contributed by atoms with Crippen molar-refractivity contribution in [2.45, 2.75) is 32.8 Å². The first kappa shape index (κ1) is 15.9. The molecule has 0 saturated carbocycles. The van der Waals surface area contributed by atoms with Crippen molar-refractivity contribution in [3.63, 3.8) is 0 Å². The highest BCUT2D eigenvalue weighted by molar-refractivity contribution is 5.83. The SMILES string of the molecule is CCC(CC)(CN)C(=O)NCC(OC)C(=O)O. The zero-order valence-electron chi connectivity index (χ0n) is 10.7. The van der Waals surface area contributed by atoms with E-state index in [-0.39, 0.29) is 19.0 Å². The summed E-state index contributed by atoms with van der Waals surface area (Å²) >= 11 is 0. The minimum atomic E-state index is -1.10. The number of methoxy groups -OCH3 is 1. The molecule has 0 aromatic carbocycles. The van der Waals surface area contributed by atoms with Crippen LogP contribution >= 0.6 is 0 Å². The van der Waals surface area contributed by atoms with E-state index in [0.29, 0.717) is 12.8 Å². The summed E-state index contributed by atoms with van der Waals surface area (Å²) in [7, 11) is 1.29. The normalized spacial score (nSPS) is 13.2. The Balaban J connectivity index is 4.47. The van der Waals surface area contributed by atoms with Gasteiger partial charge in [0.25, 0.3) is 0 Å². The van der Waals surface area contributed by atoms with E-state index < -0.39 is 17.5 Å². The van der Waals surface area contributed by atoms with Crippen LogP contribution in [0.4, 0.5) is 0 Å². The van der Waals surface area contributed by atoms with E-state index in [9.17, 15) is 9.59 Å². The van der Waals surface area contributed by atoms with E-state index in [1.807, 2.05) is 13.8 Å². The van der Waals surface area contributed by atoms with Gasteiger partial charge in [0.2, 0.25) is 5.91 Å². The van der Waals surface area contributed by atoms with Crippen LogP contribution in [0.5, 0.6) is 0 Å². The third-order valence-electron chi connectivity index (χ3n) is 3.23. The van der Waals surface area contributed by atoms with Crippen LogP contribution in [0.3, 0.4) is 0 Å². The van der Waals surface area contributed by atoms with Gasteiger partial charge in [-0.15, -0.1) is 0 Å². The van der Waals surface area contributed by atoms with Crippen LogP contribution in [-0.4, -0.2) is 43.3 Å². The molecule has 0 heterocycles. The van der Waals surface area contributed by atoms with E-state index in [2.05, 4.69) is 5.32 Å². The second-order valence-electron chi connectivity index (χ2n) is 3.96. The molecule has 0 saturated heterocycles. The number of carboxylic acid groups (broad SMARTS) is 1. The van der Waals surface area contributed by atoms with Crippen molar-refractivity contribution in [2.24, 2.45) is 11.1 Å². The Morgan fingerprint density at radius 3 is 2.24 bits per heavy atom. The van der Waals surface area contributed by atoms with Crippen molar-refractivity contribution in [1.29, 1.82) is 0 Å². The van der Waals surface area contributed by atoms with E-state index in [1.54, 1.807) is 0 Å². The summed E-state index contributed by atoms with van der Waals surface area (Å²) in [6.45, 7) is 3.98. The van der Waals surface area contributed by atoms with Crippen LogP contribution in [0.25, 0.3) is 0 Å². The second-order valence-corrected chi connectivity index (χ2v) is 3.96. The smallest absolute Gasteiger partial charge is 0.334 e. The Labute approximate surface area is 102 Å². The highest BCUT2D eigenvalue weighted by Crippen LogP contribution is 2.24. The number of carboxylic acids is 1. The van der Waals surface area contributed by atoms with Gasteiger partial charge in [-0.25, -0.2) is 4.79 Å². The minimum absolute atomic E-state index is 0.0492. The van der Waals surface area contributed by atoms with Gasteiger partial charge in [0.05, 0.1) is 12.0 Å². The molecule has 6 nitrogen and oxygen atoms in total. The molecule has 0 aliphatic rings. The Morgan fingerprint density at radius 2 is 1.94 bits per heavy atom. The Bertz CT molecular complexity index is 256. The molecule has 0 aliphatic heterocycles. The fraction of sp³-hybridized carbons (Fsp3) is 0.818. The monoisotopic (exact) mass is 246 g/mol. The number of amides is 1. The summed E-state index contributed by atoms with van der Waals surface area (Å²) < 4.78 is 4.73. The summed E-state index contributed by atoms with van der Waals surface area (Å²) in [5, 5.41) is 11.3. The average Bonchev–Trinajstić information content (AvgIpc) is 2.32. The molecule has 0 bridgehead atoms. The lowest BCUT2D eigenvalue weighted by Crippen LogP contribution is -2.48. The summed E-state index contributed by atoms with van der Waals surface area (Å²) in [6.07, 6.45) is 0.218. The van der Waals surface area contributed by atoms with Crippen molar-refractivity contribution in [3.8, 4) is 0 Å². The Morgan fingerprint density at radius 1 is 1.41 bits per heavy atom. The molecule has 0 fully saturated rings. The maximum atomic E-state index is 12.0. The number of hydrogen-bond acceptors (Lipinski definition) is 4. The van der Waals surface area contributed by atoms with Gasteiger partial charge < -0.3 is 20.9 Å². The summed E-state index contributed by atoms with van der Waals surface area (Å²) in [5.41, 5.74) is 5.01. The Kier molecular flexibility index (Phi) is 6.75. The van der Waals surface area contributed by atoms with E-state index in [4.69, 9.17) is 15.6 Å². The largest absolute Gasteiger partial charge is 0.479 e. The van der Waals surface area contributed by atoms with Crippen LogP contribution in [0.15, 0.2) is 0 Å². The van der Waals surface area contributed by atoms with Gasteiger partial charge in [0.15, 0.2) is 6.10 Å². The number of ether oxygens (including phenoxy) is 1. The first-order valence-corrected chi connectivity index (χ1v) is 5.71. The molecular formula is C11H22N2O4. The molecule has 1 atom stereocenters. The molecule has 6 heteroatoms. The van der Waals surface area contributed by atoms with Gasteiger partial charge in [-0.2, -0.15) is 0 Å². The lowest BCUT2D eigenvalue weighted by Gasteiger charge is -2.29. The summed E-state index contributed by atoms with van der Waals surface area (Å²) in [4.78, 5) is 22.7. The van der Waals surface area contributed by atoms with Gasteiger partial charge in [0.1, 0.15) is 0 Å². The number of nitrogens with one attached hydrogen (secondary N) is 1. The number of hydrogen-bond donors (Lipinski definition) is 3. The number of carbonyl (C=O) groups is 2. The maximum Gasteiger partial charge on any atom is 0.334 e. The van der Waals surface area contributed by atoms with Gasteiger partial charge in [-0.3, -0.25) is 4.79 Å². The van der Waals surface area contributed by atoms with Crippen molar-refractivity contribution >= 4 is 11.9 Å². The third kappa shape index (κ3) is 3.98. The van der Waals surface area contributed by atoms with Crippen molar-refractivity contribution in [2.75, 3.05) is 20.2 Å². The Hall–Kier alpha value is -1.14. The second kappa shape index (κ2) is 7.24. The zero-order valence-corrected chi connectivity index (χ0v) is 10.7. The van der Waals surface area contributed by atoms with Crippen molar-refractivity contribution < 1.29 is 19.4 Å². The topological polar surface area (TPSA) is 102 Å². The standard InChI is InChI=1S/C11H22N2O4/c1-4-11(5-2,7-12)10(16)13-6-8(17-3)9(14)15/h8H,4-7,12H2,1-3H3,(H,13,16)(H,14,15). The van der Waals surface area contributed by atoms with Crippen molar-refractivity contribution in [1.82, 2.24) is 5.32 Å². The van der Waals surface area contributed by atoms with Gasteiger partial charge in [-0.05, 0) is 12.8 Å². The number of rotatable bonds is 8. The average molecular weight is 246 g/mol. The first-order chi connectivity index (χ1) is 7.97. The van der Waals surface area contributed by atoms with E-state index in [1.165, 1.54) is 7.11 Å². The molecule has 1 amide bonds. The van der Waals surface area contributed by atoms with Crippen LogP contribution in [-0.2, 0) is 14.3 Å². The lowest BCUT2D eigenvalue weighted by atomic mass is 9.81. The predicted molar refractivity (Wildman–Crippen MR) is 63.5 cm³/mol. The molecule has 0 aromatic heterocycles. The van der Waals surface area contributed by atoms with E-state index in [0.717, 1.165) is 0 Å². The fourth-order valence-electron chi connectivity index (χ4n) is 1.60. The highest BCUT2D eigenvalue weighted by Gasteiger charge is 2.33. The fourth-order valence-corrected chi connectivity index (χ4v) is 1.60. The number of aliphatic carboxylic acids is 1. The molecule has 1 unspecified atom stereocenters. The molecule has 0 radical (unpaired) electrons. The van der Waals surface area contributed by atoms with Gasteiger partial charge in [0, 0.05) is 13.7 Å². The maximum absolute atomic E-state index is 12.0. The molecule has 0 spiro atoms. The zero-order chi connectivity index (χ0) is 13.5. The van der Waals surface area contributed by atoms with Crippen LogP contribution in [0, 0.1) is 5.41 Å². The molecule has 17 heavy (non-hydrogen) atoms. The predicted octanol–water partition coefficient (Wildman–Crippen LogP) is -0.0327. The molecule has 0 aromatic rings. The molecule has 0 aliphatic carbocycles. The highest BCUT2D eigenvalue weighted by atomic mass is 16.5. The minimum Gasteiger partial charge on any atom is -0.479 e. The van der Waals surface area contributed by atoms with Crippen LogP contribution in [0.2, 0.25) is 0 Å². The van der Waals surface area contributed by atoms with Gasteiger partial charge >= 0.3 is 5.97 Å². The first-order valence-electron chi connectivity index (χ1n) is 5.71. The molecule has 100 valence electrons. The quantitative estimate of drug-likeness (QED) is 0.558.